The Morgan fingerprint density at radius 2 is 1.67 bits per heavy atom. The molecule has 0 atom stereocenters. The highest BCUT2D eigenvalue weighted by Crippen LogP contribution is 2.38. The Balaban J connectivity index is 1.62. The van der Waals surface area contributed by atoms with Crippen LogP contribution in [-0.4, -0.2) is 37.0 Å². The zero-order chi connectivity index (χ0) is 23.4. The first kappa shape index (κ1) is 22.6. The summed E-state index contributed by atoms with van der Waals surface area (Å²) in [4.78, 5) is 13.2. The first-order chi connectivity index (χ1) is 16.0. The van der Waals surface area contributed by atoms with Gasteiger partial charge in [-0.25, -0.2) is 9.07 Å². The summed E-state index contributed by atoms with van der Waals surface area (Å²) in [6, 6.07) is 9.79. The third kappa shape index (κ3) is 4.65. The Labute approximate surface area is 192 Å². The van der Waals surface area contributed by atoms with Crippen LogP contribution in [0.4, 0.5) is 4.39 Å². The Morgan fingerprint density at radius 3 is 2.30 bits per heavy atom. The van der Waals surface area contributed by atoms with E-state index in [2.05, 4.69) is 10.4 Å². The molecule has 0 saturated heterocycles. The van der Waals surface area contributed by atoms with Crippen molar-refractivity contribution in [3.8, 4) is 22.9 Å². The van der Waals surface area contributed by atoms with Gasteiger partial charge in [0.2, 0.25) is 5.75 Å². The lowest BCUT2D eigenvalue weighted by molar-refractivity contribution is 0.0944. The van der Waals surface area contributed by atoms with Gasteiger partial charge in [-0.3, -0.25) is 4.79 Å². The molecule has 7 nitrogen and oxygen atoms in total. The number of nitrogens with zero attached hydrogens (tertiary/aromatic N) is 2. The lowest BCUT2D eigenvalue weighted by Crippen LogP contribution is -2.24. The second-order valence-corrected chi connectivity index (χ2v) is 7.94. The highest BCUT2D eigenvalue weighted by molar-refractivity contribution is 5.94. The molecule has 0 radical (unpaired) electrons. The number of rotatable bonds is 7. The summed E-state index contributed by atoms with van der Waals surface area (Å²) in [6.45, 7) is 0.272. The maximum atomic E-state index is 13.4. The zero-order valence-electron chi connectivity index (χ0n) is 19.1. The quantitative estimate of drug-likeness (QED) is 0.542. The van der Waals surface area contributed by atoms with Crippen molar-refractivity contribution in [2.24, 2.45) is 0 Å². The number of carbonyl (C=O) groups is 1. The van der Waals surface area contributed by atoms with Crippen molar-refractivity contribution in [1.82, 2.24) is 15.1 Å². The van der Waals surface area contributed by atoms with Crippen LogP contribution in [0, 0.1) is 5.82 Å². The number of methoxy groups -OCH3 is 3. The zero-order valence-corrected chi connectivity index (χ0v) is 19.1. The highest BCUT2D eigenvalue weighted by Gasteiger charge is 2.25. The summed E-state index contributed by atoms with van der Waals surface area (Å²) in [7, 11) is 4.65. The van der Waals surface area contributed by atoms with Crippen LogP contribution in [0.25, 0.3) is 5.69 Å². The largest absolute Gasteiger partial charge is 0.493 e. The number of hydrogen-bond acceptors (Lipinski definition) is 5. The van der Waals surface area contributed by atoms with E-state index in [1.807, 2.05) is 0 Å². The first-order valence-electron chi connectivity index (χ1n) is 11.0. The number of halogens is 1. The Hall–Kier alpha value is -3.55. The fourth-order valence-corrected chi connectivity index (χ4v) is 4.26. The maximum Gasteiger partial charge on any atom is 0.272 e. The van der Waals surface area contributed by atoms with Crippen molar-refractivity contribution >= 4 is 5.91 Å². The molecular formula is C25H28FN3O4. The van der Waals surface area contributed by atoms with E-state index in [1.165, 1.54) is 12.1 Å². The number of hydrogen-bond donors (Lipinski definition) is 1. The van der Waals surface area contributed by atoms with Gasteiger partial charge in [0.1, 0.15) is 5.82 Å². The van der Waals surface area contributed by atoms with Crippen LogP contribution in [0.1, 0.15) is 46.6 Å². The Morgan fingerprint density at radius 1 is 1.00 bits per heavy atom. The number of carbonyl (C=O) groups excluding carboxylic acids is 1. The lowest BCUT2D eigenvalue weighted by atomic mass is 10.1. The fraction of sp³-hybridized carbons (Fsp3) is 0.360. The van der Waals surface area contributed by atoms with Gasteiger partial charge in [-0.05, 0) is 67.6 Å². The normalized spacial score (nSPS) is 13.1. The SMILES string of the molecule is COc1cc(CNC(=O)c2nn(-c3ccc(F)cc3)c3c2CCCCC3)cc(OC)c1OC. The summed E-state index contributed by atoms with van der Waals surface area (Å²) in [5.41, 5.74) is 3.97. The van der Waals surface area contributed by atoms with E-state index < -0.39 is 0 Å². The van der Waals surface area contributed by atoms with Gasteiger partial charge in [0.05, 0.1) is 27.0 Å². The predicted octanol–water partition coefficient (Wildman–Crippen LogP) is 4.24. The second-order valence-electron chi connectivity index (χ2n) is 7.94. The van der Waals surface area contributed by atoms with Crippen LogP contribution in [0.3, 0.4) is 0 Å². The lowest BCUT2D eigenvalue weighted by Gasteiger charge is -2.14. The van der Waals surface area contributed by atoms with E-state index in [9.17, 15) is 9.18 Å². The van der Waals surface area contributed by atoms with Crippen molar-refractivity contribution in [3.63, 3.8) is 0 Å². The van der Waals surface area contributed by atoms with Crippen molar-refractivity contribution in [2.75, 3.05) is 21.3 Å². The van der Waals surface area contributed by atoms with Crippen LogP contribution >= 0.6 is 0 Å². The van der Waals surface area contributed by atoms with E-state index in [0.717, 1.165) is 54.6 Å². The summed E-state index contributed by atoms with van der Waals surface area (Å²) in [6.07, 6.45) is 4.77. The van der Waals surface area contributed by atoms with Gasteiger partial charge >= 0.3 is 0 Å². The molecule has 2 aromatic carbocycles. The van der Waals surface area contributed by atoms with Gasteiger partial charge < -0.3 is 19.5 Å². The Kier molecular flexibility index (Phi) is 6.82. The number of fused-ring (bicyclic) bond motifs is 1. The summed E-state index contributed by atoms with van der Waals surface area (Å²) < 4.78 is 31.4. The minimum Gasteiger partial charge on any atom is -0.493 e. The number of ether oxygens (including phenoxy) is 3. The number of benzene rings is 2. The summed E-state index contributed by atoms with van der Waals surface area (Å²) >= 11 is 0. The van der Waals surface area contributed by atoms with Crippen LogP contribution < -0.4 is 19.5 Å². The summed E-state index contributed by atoms with van der Waals surface area (Å²) in [5, 5.41) is 7.63. The van der Waals surface area contributed by atoms with Crippen LogP contribution in [0.5, 0.6) is 17.2 Å². The molecule has 1 aliphatic rings. The van der Waals surface area contributed by atoms with E-state index >= 15 is 0 Å². The van der Waals surface area contributed by atoms with Crippen molar-refractivity contribution in [2.45, 2.75) is 38.6 Å². The molecule has 0 aliphatic heterocycles. The fourth-order valence-electron chi connectivity index (χ4n) is 4.26. The van der Waals surface area contributed by atoms with E-state index in [4.69, 9.17) is 14.2 Å². The van der Waals surface area contributed by atoms with E-state index in [1.54, 1.807) is 50.3 Å². The first-order valence-corrected chi connectivity index (χ1v) is 11.0. The molecule has 3 aromatic rings. The molecule has 0 spiro atoms. The molecule has 174 valence electrons. The van der Waals surface area contributed by atoms with Gasteiger partial charge in [-0.1, -0.05) is 6.42 Å². The molecule has 1 heterocycles. The number of nitrogens with one attached hydrogen (secondary N) is 1. The second kappa shape index (κ2) is 9.94. The molecule has 1 aliphatic carbocycles. The molecule has 0 fully saturated rings. The van der Waals surface area contributed by atoms with Gasteiger partial charge in [0.25, 0.3) is 5.91 Å². The van der Waals surface area contributed by atoms with Crippen molar-refractivity contribution in [3.05, 3.63) is 64.7 Å². The van der Waals surface area contributed by atoms with Crippen LogP contribution in [0.15, 0.2) is 36.4 Å². The average molecular weight is 454 g/mol. The topological polar surface area (TPSA) is 74.6 Å². The number of aromatic nitrogens is 2. The molecule has 1 N–H and O–H groups in total. The molecule has 0 saturated carbocycles. The maximum absolute atomic E-state index is 13.4. The molecule has 8 heteroatoms. The van der Waals surface area contributed by atoms with Gasteiger partial charge in [-0.2, -0.15) is 5.10 Å². The minimum absolute atomic E-state index is 0.247. The average Bonchev–Trinajstić information content (AvgIpc) is 3.02. The van der Waals surface area contributed by atoms with E-state index in [-0.39, 0.29) is 18.3 Å². The molecule has 0 bridgehead atoms. The Bertz CT molecular complexity index is 1120. The van der Waals surface area contributed by atoms with Crippen molar-refractivity contribution in [1.29, 1.82) is 0 Å². The smallest absolute Gasteiger partial charge is 0.272 e. The standard InChI is InChI=1S/C25H28FN3O4/c1-31-21-13-16(14-22(32-2)24(21)33-3)15-27-25(30)23-19-7-5-4-6-8-20(19)29(28-23)18-11-9-17(26)10-12-18/h9-14H,4-8,15H2,1-3H3,(H,27,30). The molecule has 4 rings (SSSR count). The molecule has 0 unspecified atom stereocenters. The molecular weight excluding hydrogens is 425 g/mol. The molecule has 1 amide bonds. The van der Waals surface area contributed by atoms with Crippen LogP contribution in [0.2, 0.25) is 0 Å². The molecule has 33 heavy (non-hydrogen) atoms. The minimum atomic E-state index is -0.305. The van der Waals surface area contributed by atoms with Crippen molar-refractivity contribution < 1.29 is 23.4 Å². The monoisotopic (exact) mass is 453 g/mol. The summed E-state index contributed by atoms with van der Waals surface area (Å²) in [5.74, 6) is 0.993. The third-order valence-electron chi connectivity index (χ3n) is 5.89. The van der Waals surface area contributed by atoms with E-state index in [0.29, 0.717) is 22.9 Å². The molecule has 1 aromatic heterocycles. The predicted molar refractivity (Wildman–Crippen MR) is 122 cm³/mol. The third-order valence-corrected chi connectivity index (χ3v) is 5.89. The highest BCUT2D eigenvalue weighted by atomic mass is 19.1. The van der Waals surface area contributed by atoms with Gasteiger partial charge in [0.15, 0.2) is 17.2 Å². The number of amides is 1. The van der Waals surface area contributed by atoms with Gasteiger partial charge in [-0.15, -0.1) is 0 Å². The van der Waals surface area contributed by atoms with Gasteiger partial charge in [0, 0.05) is 17.8 Å². The van der Waals surface area contributed by atoms with Crippen LogP contribution in [-0.2, 0) is 19.4 Å².